The predicted molar refractivity (Wildman–Crippen MR) is 83.7 cm³/mol. The fraction of sp³-hybridized carbons (Fsp3) is 0.176. The van der Waals surface area contributed by atoms with Crippen molar-refractivity contribution in [1.29, 1.82) is 0 Å². The molecule has 0 saturated heterocycles. The molecule has 21 heavy (non-hydrogen) atoms. The summed E-state index contributed by atoms with van der Waals surface area (Å²) in [7, 11) is 0. The number of aromatic hydroxyl groups is 1. The summed E-state index contributed by atoms with van der Waals surface area (Å²) in [5.41, 5.74) is 4.55. The molecule has 0 atom stereocenters. The lowest BCUT2D eigenvalue weighted by Crippen LogP contribution is -1.93. The second kappa shape index (κ2) is 4.71. The molecule has 1 aliphatic carbocycles. The normalized spacial score (nSPS) is 13.6. The number of phenols is 1. The lowest BCUT2D eigenvalue weighted by molar-refractivity contribution is 0.476. The summed E-state index contributed by atoms with van der Waals surface area (Å²) >= 11 is 6.24. The number of hydrogen-bond donors (Lipinski definition) is 1. The Morgan fingerprint density at radius 3 is 2.71 bits per heavy atom. The van der Waals surface area contributed by atoms with E-state index in [9.17, 15) is 5.11 Å². The molecule has 1 heterocycles. The average Bonchev–Trinajstić information content (AvgIpc) is 2.95. The molecule has 0 bridgehead atoms. The SMILES string of the molecule is Oc1ccc2nc(-c3ccc4c(c3)CCC4)nc(Cl)c2c1. The Morgan fingerprint density at radius 1 is 0.952 bits per heavy atom. The van der Waals surface area contributed by atoms with Crippen LogP contribution in [0.1, 0.15) is 17.5 Å². The first kappa shape index (κ1) is 12.6. The molecule has 0 amide bonds. The number of benzene rings is 2. The van der Waals surface area contributed by atoms with Crippen molar-refractivity contribution in [3.05, 3.63) is 52.7 Å². The summed E-state index contributed by atoms with van der Waals surface area (Å²) in [4.78, 5) is 8.95. The van der Waals surface area contributed by atoms with E-state index < -0.39 is 0 Å². The number of nitrogens with zero attached hydrogens (tertiary/aromatic N) is 2. The third-order valence-corrected chi connectivity index (χ3v) is 4.28. The third kappa shape index (κ3) is 2.14. The minimum Gasteiger partial charge on any atom is -0.508 e. The quantitative estimate of drug-likeness (QED) is 0.686. The standard InChI is InChI=1S/C17H13ClN2O/c18-16-14-9-13(21)6-7-15(14)19-17(20-16)12-5-4-10-2-1-3-11(10)8-12/h4-9,21H,1-3H2. The van der Waals surface area contributed by atoms with E-state index in [1.807, 2.05) is 0 Å². The second-order valence-corrected chi connectivity index (χ2v) is 5.73. The van der Waals surface area contributed by atoms with Crippen LogP contribution >= 0.6 is 11.6 Å². The van der Waals surface area contributed by atoms with Gasteiger partial charge in [-0.25, -0.2) is 9.97 Å². The Balaban J connectivity index is 1.89. The first-order valence-corrected chi connectivity index (χ1v) is 7.37. The van der Waals surface area contributed by atoms with Gasteiger partial charge in [0.25, 0.3) is 0 Å². The second-order valence-electron chi connectivity index (χ2n) is 5.38. The molecule has 0 radical (unpaired) electrons. The number of phenolic OH excluding ortho intramolecular Hbond substituents is 1. The Bertz CT molecular complexity index is 861. The summed E-state index contributed by atoms with van der Waals surface area (Å²) in [5, 5.41) is 10.6. The van der Waals surface area contributed by atoms with E-state index in [2.05, 4.69) is 28.2 Å². The molecule has 1 aliphatic rings. The number of fused-ring (bicyclic) bond motifs is 2. The molecule has 3 aromatic rings. The number of hydrogen-bond acceptors (Lipinski definition) is 3. The first-order valence-electron chi connectivity index (χ1n) is 6.99. The molecule has 0 spiro atoms. The van der Waals surface area contributed by atoms with Crippen LogP contribution in [0, 0.1) is 0 Å². The maximum absolute atomic E-state index is 9.53. The number of rotatable bonds is 1. The lowest BCUT2D eigenvalue weighted by Gasteiger charge is -2.07. The fourth-order valence-electron chi connectivity index (χ4n) is 2.92. The minimum absolute atomic E-state index is 0.165. The van der Waals surface area contributed by atoms with E-state index in [1.165, 1.54) is 17.5 Å². The molecule has 4 heteroatoms. The average molecular weight is 297 g/mol. The van der Waals surface area contributed by atoms with Crippen molar-refractivity contribution < 1.29 is 5.11 Å². The largest absolute Gasteiger partial charge is 0.508 e. The van der Waals surface area contributed by atoms with Gasteiger partial charge >= 0.3 is 0 Å². The fourth-order valence-corrected chi connectivity index (χ4v) is 3.15. The summed E-state index contributed by atoms with van der Waals surface area (Å²) in [5.74, 6) is 0.797. The van der Waals surface area contributed by atoms with E-state index in [4.69, 9.17) is 11.6 Å². The zero-order valence-electron chi connectivity index (χ0n) is 11.3. The molecule has 1 N–H and O–H groups in total. The van der Waals surface area contributed by atoms with Gasteiger partial charge in [0.1, 0.15) is 10.9 Å². The minimum atomic E-state index is 0.165. The molecule has 1 aromatic heterocycles. The van der Waals surface area contributed by atoms with Gasteiger partial charge in [0.2, 0.25) is 0 Å². The Hall–Kier alpha value is -2.13. The van der Waals surface area contributed by atoms with Gasteiger partial charge in [-0.3, -0.25) is 0 Å². The molecular weight excluding hydrogens is 284 g/mol. The van der Waals surface area contributed by atoms with Crippen molar-refractivity contribution in [2.45, 2.75) is 19.3 Å². The lowest BCUT2D eigenvalue weighted by atomic mass is 10.1. The first-order chi connectivity index (χ1) is 10.2. The molecule has 0 aliphatic heterocycles. The Morgan fingerprint density at radius 2 is 1.81 bits per heavy atom. The summed E-state index contributed by atoms with van der Waals surface area (Å²) < 4.78 is 0. The smallest absolute Gasteiger partial charge is 0.161 e. The predicted octanol–water partition coefficient (Wildman–Crippen LogP) is 4.14. The van der Waals surface area contributed by atoms with Gasteiger partial charge in [-0.05, 0) is 54.7 Å². The third-order valence-electron chi connectivity index (χ3n) is 3.99. The van der Waals surface area contributed by atoms with Crippen molar-refractivity contribution in [2.75, 3.05) is 0 Å². The van der Waals surface area contributed by atoms with Gasteiger partial charge < -0.3 is 5.11 Å². The van der Waals surface area contributed by atoms with Crippen LogP contribution in [0.3, 0.4) is 0 Å². The molecule has 3 nitrogen and oxygen atoms in total. The van der Waals surface area contributed by atoms with E-state index in [-0.39, 0.29) is 5.75 Å². The van der Waals surface area contributed by atoms with Crippen LogP contribution in [0.5, 0.6) is 5.75 Å². The van der Waals surface area contributed by atoms with E-state index in [1.54, 1.807) is 18.2 Å². The number of aromatic nitrogens is 2. The van der Waals surface area contributed by atoms with Gasteiger partial charge in [-0.1, -0.05) is 23.7 Å². The summed E-state index contributed by atoms with van der Waals surface area (Å²) in [6.45, 7) is 0. The van der Waals surface area contributed by atoms with Crippen molar-refractivity contribution in [2.24, 2.45) is 0 Å². The molecule has 2 aromatic carbocycles. The van der Waals surface area contributed by atoms with Crippen LogP contribution < -0.4 is 0 Å². The van der Waals surface area contributed by atoms with E-state index in [0.717, 1.165) is 23.9 Å². The zero-order chi connectivity index (χ0) is 14.4. The molecular formula is C17H13ClN2O. The Labute approximate surface area is 127 Å². The number of halogens is 1. The maximum atomic E-state index is 9.53. The van der Waals surface area contributed by atoms with Crippen LogP contribution in [0.4, 0.5) is 0 Å². The highest BCUT2D eigenvalue weighted by Gasteiger charge is 2.14. The van der Waals surface area contributed by atoms with Gasteiger partial charge in [0.05, 0.1) is 5.52 Å². The highest BCUT2D eigenvalue weighted by atomic mass is 35.5. The molecule has 104 valence electrons. The van der Waals surface area contributed by atoms with Gasteiger partial charge in [0, 0.05) is 10.9 Å². The van der Waals surface area contributed by atoms with Gasteiger partial charge in [0.15, 0.2) is 5.82 Å². The molecule has 0 saturated carbocycles. The monoisotopic (exact) mass is 296 g/mol. The Kier molecular flexibility index (Phi) is 2.82. The highest BCUT2D eigenvalue weighted by Crippen LogP contribution is 2.30. The van der Waals surface area contributed by atoms with Crippen LogP contribution in [0.2, 0.25) is 5.15 Å². The summed E-state index contributed by atoms with van der Waals surface area (Å²) in [6, 6.07) is 11.3. The maximum Gasteiger partial charge on any atom is 0.161 e. The molecule has 0 fully saturated rings. The summed E-state index contributed by atoms with van der Waals surface area (Å²) in [6.07, 6.45) is 3.50. The molecule has 0 unspecified atom stereocenters. The van der Waals surface area contributed by atoms with E-state index >= 15 is 0 Å². The van der Waals surface area contributed by atoms with Crippen molar-refractivity contribution in [1.82, 2.24) is 9.97 Å². The number of aryl methyl sites for hydroxylation is 2. The van der Waals surface area contributed by atoms with Crippen LogP contribution in [0.25, 0.3) is 22.3 Å². The highest BCUT2D eigenvalue weighted by molar-refractivity contribution is 6.34. The zero-order valence-corrected chi connectivity index (χ0v) is 12.1. The van der Waals surface area contributed by atoms with Crippen LogP contribution in [-0.2, 0) is 12.8 Å². The van der Waals surface area contributed by atoms with Gasteiger partial charge in [-0.2, -0.15) is 0 Å². The van der Waals surface area contributed by atoms with Crippen molar-refractivity contribution in [3.63, 3.8) is 0 Å². The van der Waals surface area contributed by atoms with E-state index in [0.29, 0.717) is 16.4 Å². The topological polar surface area (TPSA) is 46.0 Å². The van der Waals surface area contributed by atoms with Crippen LogP contribution in [0.15, 0.2) is 36.4 Å². The van der Waals surface area contributed by atoms with Crippen LogP contribution in [-0.4, -0.2) is 15.1 Å². The van der Waals surface area contributed by atoms with Crippen molar-refractivity contribution in [3.8, 4) is 17.1 Å². The van der Waals surface area contributed by atoms with Crippen molar-refractivity contribution >= 4 is 22.5 Å². The van der Waals surface area contributed by atoms with Gasteiger partial charge in [-0.15, -0.1) is 0 Å². The molecule has 4 rings (SSSR count).